The Morgan fingerprint density at radius 3 is 2.68 bits per heavy atom. The molecule has 2 fully saturated rings. The topological polar surface area (TPSA) is 93.9 Å². The number of morpholine rings is 1. The van der Waals surface area contributed by atoms with Gasteiger partial charge in [-0.2, -0.15) is 0 Å². The molecule has 0 aromatic heterocycles. The molecule has 0 aromatic carbocycles. The number of carbonyl (C=O) groups is 2. The largest absolute Gasteiger partial charge is 0.379 e. The van der Waals surface area contributed by atoms with Crippen molar-refractivity contribution in [1.29, 1.82) is 0 Å². The standard InChI is InChI=1S/C12H21N3O4/c1-12(7-19-6-9(12)13)11(17)15-3-4-18-5-8(15)10(16)14-2/h8-9H,3-7,13H2,1-2H3,(H,14,16). The molecule has 19 heavy (non-hydrogen) atoms. The van der Waals surface area contributed by atoms with Gasteiger partial charge in [0.05, 0.1) is 31.8 Å². The maximum atomic E-state index is 12.7. The zero-order chi connectivity index (χ0) is 14.0. The summed E-state index contributed by atoms with van der Waals surface area (Å²) in [7, 11) is 1.55. The molecule has 0 bridgehead atoms. The molecular formula is C12H21N3O4. The summed E-state index contributed by atoms with van der Waals surface area (Å²) in [6.45, 7) is 3.52. The molecule has 2 saturated heterocycles. The molecule has 3 N–H and O–H groups in total. The summed E-state index contributed by atoms with van der Waals surface area (Å²) in [5.74, 6) is -0.349. The molecular weight excluding hydrogens is 250 g/mol. The van der Waals surface area contributed by atoms with Crippen LogP contribution >= 0.6 is 0 Å². The molecule has 2 aliphatic rings. The minimum atomic E-state index is -0.760. The Morgan fingerprint density at radius 2 is 2.11 bits per heavy atom. The monoisotopic (exact) mass is 271 g/mol. The van der Waals surface area contributed by atoms with Gasteiger partial charge in [0.15, 0.2) is 0 Å². The van der Waals surface area contributed by atoms with Crippen LogP contribution < -0.4 is 11.1 Å². The lowest BCUT2D eigenvalue weighted by atomic mass is 9.83. The van der Waals surface area contributed by atoms with E-state index in [2.05, 4.69) is 5.32 Å². The van der Waals surface area contributed by atoms with Gasteiger partial charge in [0.25, 0.3) is 0 Å². The minimum absolute atomic E-state index is 0.130. The Bertz CT molecular complexity index is 376. The average Bonchev–Trinajstić information content (AvgIpc) is 2.78. The van der Waals surface area contributed by atoms with E-state index in [1.54, 1.807) is 18.9 Å². The lowest BCUT2D eigenvalue weighted by Gasteiger charge is -2.39. The van der Waals surface area contributed by atoms with Crippen LogP contribution in [0.1, 0.15) is 6.92 Å². The van der Waals surface area contributed by atoms with E-state index in [9.17, 15) is 9.59 Å². The fourth-order valence-corrected chi connectivity index (χ4v) is 2.47. The van der Waals surface area contributed by atoms with Gasteiger partial charge in [0.2, 0.25) is 11.8 Å². The summed E-state index contributed by atoms with van der Waals surface area (Å²) < 4.78 is 10.6. The van der Waals surface area contributed by atoms with Crippen LogP contribution in [0.15, 0.2) is 0 Å². The number of amides is 2. The lowest BCUT2D eigenvalue weighted by molar-refractivity contribution is -0.156. The van der Waals surface area contributed by atoms with Gasteiger partial charge in [-0.3, -0.25) is 9.59 Å². The highest BCUT2D eigenvalue weighted by Crippen LogP contribution is 2.30. The third-order valence-corrected chi connectivity index (χ3v) is 3.94. The molecule has 2 rings (SSSR count). The first kappa shape index (κ1) is 14.2. The van der Waals surface area contributed by atoms with Gasteiger partial charge >= 0.3 is 0 Å². The van der Waals surface area contributed by atoms with Gasteiger partial charge in [0.1, 0.15) is 6.04 Å². The Balaban J connectivity index is 2.18. The zero-order valence-electron chi connectivity index (χ0n) is 11.3. The number of nitrogens with one attached hydrogen (secondary N) is 1. The van der Waals surface area contributed by atoms with Crippen molar-refractivity contribution in [3.63, 3.8) is 0 Å². The maximum Gasteiger partial charge on any atom is 0.244 e. The fourth-order valence-electron chi connectivity index (χ4n) is 2.47. The van der Waals surface area contributed by atoms with Gasteiger partial charge in [-0.15, -0.1) is 0 Å². The Hall–Kier alpha value is -1.18. The molecule has 2 amide bonds. The van der Waals surface area contributed by atoms with Crippen LogP contribution in [-0.2, 0) is 19.1 Å². The molecule has 7 heteroatoms. The smallest absolute Gasteiger partial charge is 0.244 e. The SMILES string of the molecule is CNC(=O)C1COCCN1C(=O)C1(C)COCC1N. The molecule has 0 aliphatic carbocycles. The highest BCUT2D eigenvalue weighted by Gasteiger charge is 2.49. The molecule has 0 aromatic rings. The van der Waals surface area contributed by atoms with Crippen molar-refractivity contribution in [3.05, 3.63) is 0 Å². The van der Waals surface area contributed by atoms with Gasteiger partial charge < -0.3 is 25.4 Å². The van der Waals surface area contributed by atoms with Crippen molar-refractivity contribution in [2.75, 3.05) is 40.0 Å². The van der Waals surface area contributed by atoms with Crippen LogP contribution in [0.3, 0.4) is 0 Å². The van der Waals surface area contributed by atoms with Gasteiger partial charge in [-0.1, -0.05) is 0 Å². The summed E-state index contributed by atoms with van der Waals surface area (Å²) >= 11 is 0. The lowest BCUT2D eigenvalue weighted by Crippen LogP contribution is -2.61. The van der Waals surface area contributed by atoms with E-state index >= 15 is 0 Å². The van der Waals surface area contributed by atoms with E-state index in [0.29, 0.717) is 26.4 Å². The summed E-state index contributed by atoms with van der Waals surface area (Å²) in [6.07, 6.45) is 0. The Labute approximate surface area is 112 Å². The van der Waals surface area contributed by atoms with Crippen molar-refractivity contribution in [1.82, 2.24) is 10.2 Å². The highest BCUT2D eigenvalue weighted by atomic mass is 16.5. The summed E-state index contributed by atoms with van der Waals surface area (Å²) in [5.41, 5.74) is 5.21. The van der Waals surface area contributed by atoms with E-state index < -0.39 is 11.5 Å². The third kappa shape index (κ3) is 2.45. The summed E-state index contributed by atoms with van der Waals surface area (Å²) in [6, 6.07) is -0.927. The highest BCUT2D eigenvalue weighted by molar-refractivity contribution is 5.90. The number of hydrogen-bond donors (Lipinski definition) is 2. The number of nitrogens with zero attached hydrogens (tertiary/aromatic N) is 1. The van der Waals surface area contributed by atoms with E-state index in [1.807, 2.05) is 0 Å². The maximum absolute atomic E-state index is 12.7. The number of ether oxygens (including phenoxy) is 2. The van der Waals surface area contributed by atoms with Gasteiger partial charge in [-0.05, 0) is 6.92 Å². The van der Waals surface area contributed by atoms with Crippen molar-refractivity contribution in [2.45, 2.75) is 19.0 Å². The predicted octanol–water partition coefficient (Wildman–Crippen LogP) is -1.68. The molecule has 3 unspecified atom stereocenters. The first-order valence-electron chi connectivity index (χ1n) is 6.44. The molecule has 2 aliphatic heterocycles. The molecule has 0 spiro atoms. The third-order valence-electron chi connectivity index (χ3n) is 3.94. The fraction of sp³-hybridized carbons (Fsp3) is 0.833. The van der Waals surface area contributed by atoms with Gasteiger partial charge in [-0.25, -0.2) is 0 Å². The Morgan fingerprint density at radius 1 is 1.37 bits per heavy atom. The van der Waals surface area contributed by atoms with Crippen LogP contribution in [0, 0.1) is 5.41 Å². The minimum Gasteiger partial charge on any atom is -0.379 e. The Kier molecular flexibility index (Phi) is 4.07. The zero-order valence-corrected chi connectivity index (χ0v) is 11.3. The van der Waals surface area contributed by atoms with Gasteiger partial charge in [0, 0.05) is 19.6 Å². The van der Waals surface area contributed by atoms with Crippen molar-refractivity contribution >= 4 is 11.8 Å². The average molecular weight is 271 g/mol. The first-order chi connectivity index (χ1) is 9.00. The summed E-state index contributed by atoms with van der Waals surface area (Å²) in [4.78, 5) is 26.1. The normalized spacial score (nSPS) is 35.2. The molecule has 108 valence electrons. The van der Waals surface area contributed by atoms with Crippen LogP contribution in [0.5, 0.6) is 0 Å². The molecule has 3 atom stereocenters. The second-order valence-electron chi connectivity index (χ2n) is 5.24. The predicted molar refractivity (Wildman–Crippen MR) is 67.3 cm³/mol. The van der Waals surface area contributed by atoms with Crippen LogP contribution in [-0.4, -0.2) is 68.8 Å². The van der Waals surface area contributed by atoms with Crippen LogP contribution in [0.25, 0.3) is 0 Å². The van der Waals surface area contributed by atoms with Crippen LogP contribution in [0.2, 0.25) is 0 Å². The molecule has 7 nitrogen and oxygen atoms in total. The van der Waals surface area contributed by atoms with Crippen molar-refractivity contribution < 1.29 is 19.1 Å². The van der Waals surface area contributed by atoms with E-state index in [1.165, 1.54) is 0 Å². The van der Waals surface area contributed by atoms with Crippen LogP contribution in [0.4, 0.5) is 0 Å². The van der Waals surface area contributed by atoms with E-state index in [0.717, 1.165) is 0 Å². The van der Waals surface area contributed by atoms with Crippen molar-refractivity contribution in [2.24, 2.45) is 11.1 Å². The molecule has 0 radical (unpaired) electrons. The second-order valence-corrected chi connectivity index (χ2v) is 5.24. The van der Waals surface area contributed by atoms with E-state index in [4.69, 9.17) is 15.2 Å². The number of nitrogens with two attached hydrogens (primary N) is 1. The number of hydrogen-bond acceptors (Lipinski definition) is 5. The van der Waals surface area contributed by atoms with E-state index in [-0.39, 0.29) is 24.5 Å². The molecule has 0 saturated carbocycles. The van der Waals surface area contributed by atoms with Crippen molar-refractivity contribution in [3.8, 4) is 0 Å². The summed E-state index contributed by atoms with van der Waals surface area (Å²) in [5, 5.41) is 2.56. The number of rotatable bonds is 2. The second kappa shape index (κ2) is 5.44. The quantitative estimate of drug-likeness (QED) is 0.626. The number of likely N-dealkylation sites (N-methyl/N-ethyl adjacent to an activating group) is 1. The molecule has 2 heterocycles. The number of carbonyl (C=O) groups excluding carboxylic acids is 2. The first-order valence-corrected chi connectivity index (χ1v) is 6.44.